The number of imidazole rings is 1. The maximum absolute atomic E-state index is 8.57. The molecule has 7 nitrogen and oxygen atoms in total. The van der Waals surface area contributed by atoms with Gasteiger partial charge >= 0.3 is 0 Å². The summed E-state index contributed by atoms with van der Waals surface area (Å²) in [5.41, 5.74) is 6.83. The van der Waals surface area contributed by atoms with Crippen molar-refractivity contribution in [2.75, 3.05) is 11.9 Å². The van der Waals surface area contributed by atoms with Crippen molar-refractivity contribution in [2.24, 2.45) is 17.9 Å². The molecule has 2 aromatic heterocycles. The number of aromatic nitrogens is 3. The van der Waals surface area contributed by atoms with E-state index in [0.29, 0.717) is 12.2 Å². The summed E-state index contributed by atoms with van der Waals surface area (Å²) >= 11 is 0. The zero-order valence-electron chi connectivity index (χ0n) is 10.9. The highest BCUT2D eigenvalue weighted by molar-refractivity contribution is 5.95. The Hall–Kier alpha value is -2.57. The summed E-state index contributed by atoms with van der Waals surface area (Å²) < 4.78 is 1.97. The van der Waals surface area contributed by atoms with Crippen LogP contribution in [-0.4, -0.2) is 32.6 Å². The number of aryl methyl sites for hydroxylation is 1. The van der Waals surface area contributed by atoms with Gasteiger partial charge in [-0.1, -0.05) is 5.16 Å². The molecule has 0 atom stereocenters. The Balaban J connectivity index is 2.12. The molecule has 0 aliphatic carbocycles. The molecule has 0 saturated carbocycles. The summed E-state index contributed by atoms with van der Waals surface area (Å²) in [4.78, 5) is 10.4. The second-order valence-electron chi connectivity index (χ2n) is 4.20. The molecule has 0 fully saturated rings. The van der Waals surface area contributed by atoms with Crippen LogP contribution < -0.4 is 10.6 Å². The lowest BCUT2D eigenvalue weighted by atomic mass is 10.3. The highest BCUT2D eigenvalue weighted by Crippen LogP contribution is 2.13. The summed E-state index contributed by atoms with van der Waals surface area (Å²) in [5, 5.41) is 11.5. The molecule has 2 heterocycles. The Morgan fingerprint density at radius 3 is 2.79 bits per heavy atom. The zero-order valence-corrected chi connectivity index (χ0v) is 10.9. The summed E-state index contributed by atoms with van der Waals surface area (Å²) in [6, 6.07) is 3.57. The maximum atomic E-state index is 8.57. The molecule has 0 aliphatic rings. The number of pyridine rings is 1. The standard InChI is InChI=1S/C12H16N6O/c1-17-6-5-14-11(17)8-18(2)9-3-4-10(15-7-9)12(13)16-19/h3-7,19H,8H2,1-2H3,(H2,13,16). The van der Waals surface area contributed by atoms with Crippen molar-refractivity contribution in [3.8, 4) is 0 Å². The number of hydrogen-bond donors (Lipinski definition) is 2. The molecule has 0 unspecified atom stereocenters. The van der Waals surface area contributed by atoms with E-state index in [9.17, 15) is 0 Å². The van der Waals surface area contributed by atoms with Crippen molar-refractivity contribution < 1.29 is 5.21 Å². The van der Waals surface area contributed by atoms with Gasteiger partial charge in [-0.2, -0.15) is 0 Å². The van der Waals surface area contributed by atoms with E-state index >= 15 is 0 Å². The van der Waals surface area contributed by atoms with E-state index in [4.69, 9.17) is 10.9 Å². The molecule has 7 heteroatoms. The molecule has 0 amide bonds. The lowest BCUT2D eigenvalue weighted by Gasteiger charge is -2.18. The Kier molecular flexibility index (Phi) is 3.65. The van der Waals surface area contributed by atoms with E-state index in [-0.39, 0.29) is 5.84 Å². The molecule has 0 bridgehead atoms. The molecule has 19 heavy (non-hydrogen) atoms. The van der Waals surface area contributed by atoms with Gasteiger partial charge in [0.2, 0.25) is 0 Å². The number of amidine groups is 1. The van der Waals surface area contributed by atoms with Crippen LogP contribution in [0, 0.1) is 0 Å². The van der Waals surface area contributed by atoms with Crippen molar-refractivity contribution in [3.63, 3.8) is 0 Å². The molecule has 0 spiro atoms. The third-order valence-corrected chi connectivity index (χ3v) is 2.86. The van der Waals surface area contributed by atoms with Crippen molar-refractivity contribution in [1.29, 1.82) is 0 Å². The lowest BCUT2D eigenvalue weighted by Crippen LogP contribution is -2.20. The molecule has 100 valence electrons. The number of oxime groups is 1. The van der Waals surface area contributed by atoms with Crippen LogP contribution in [0.1, 0.15) is 11.5 Å². The lowest BCUT2D eigenvalue weighted by molar-refractivity contribution is 0.318. The second-order valence-corrected chi connectivity index (χ2v) is 4.20. The second kappa shape index (κ2) is 5.38. The topological polar surface area (TPSA) is 92.6 Å². The Morgan fingerprint density at radius 2 is 2.26 bits per heavy atom. The number of rotatable bonds is 4. The van der Waals surface area contributed by atoms with E-state index in [2.05, 4.69) is 15.1 Å². The van der Waals surface area contributed by atoms with E-state index in [1.807, 2.05) is 35.8 Å². The zero-order chi connectivity index (χ0) is 13.8. The highest BCUT2D eigenvalue weighted by Gasteiger charge is 2.07. The van der Waals surface area contributed by atoms with Crippen molar-refractivity contribution in [1.82, 2.24) is 14.5 Å². The van der Waals surface area contributed by atoms with Gasteiger partial charge in [-0.25, -0.2) is 4.98 Å². The monoisotopic (exact) mass is 260 g/mol. The summed E-state index contributed by atoms with van der Waals surface area (Å²) in [5.74, 6) is 0.960. The smallest absolute Gasteiger partial charge is 0.188 e. The fourth-order valence-corrected chi connectivity index (χ4v) is 1.67. The Labute approximate surface area is 111 Å². The van der Waals surface area contributed by atoms with E-state index in [1.165, 1.54) is 0 Å². The molecule has 3 N–H and O–H groups in total. The third-order valence-electron chi connectivity index (χ3n) is 2.86. The average molecular weight is 260 g/mol. The quantitative estimate of drug-likeness (QED) is 0.362. The van der Waals surface area contributed by atoms with Crippen LogP contribution >= 0.6 is 0 Å². The average Bonchev–Trinajstić information content (AvgIpc) is 2.83. The van der Waals surface area contributed by atoms with Gasteiger partial charge in [-0.3, -0.25) is 4.98 Å². The minimum absolute atomic E-state index is 0.00157. The van der Waals surface area contributed by atoms with Gasteiger partial charge in [0.05, 0.1) is 18.4 Å². The first-order valence-corrected chi connectivity index (χ1v) is 5.73. The molecule has 2 aromatic rings. The van der Waals surface area contributed by atoms with Gasteiger partial charge < -0.3 is 20.4 Å². The van der Waals surface area contributed by atoms with Crippen LogP contribution in [0.4, 0.5) is 5.69 Å². The van der Waals surface area contributed by atoms with Gasteiger partial charge in [0, 0.05) is 26.5 Å². The van der Waals surface area contributed by atoms with Gasteiger partial charge in [-0.05, 0) is 12.1 Å². The van der Waals surface area contributed by atoms with Crippen LogP contribution in [0.5, 0.6) is 0 Å². The normalized spacial score (nSPS) is 11.6. The van der Waals surface area contributed by atoms with Crippen LogP contribution in [0.3, 0.4) is 0 Å². The summed E-state index contributed by atoms with van der Waals surface area (Å²) in [7, 11) is 3.91. The molecule has 0 aliphatic heterocycles. The van der Waals surface area contributed by atoms with Gasteiger partial charge in [0.1, 0.15) is 11.5 Å². The Morgan fingerprint density at radius 1 is 1.47 bits per heavy atom. The van der Waals surface area contributed by atoms with Gasteiger partial charge in [0.25, 0.3) is 0 Å². The Bertz CT molecular complexity index is 574. The van der Waals surface area contributed by atoms with Crippen molar-refractivity contribution in [2.45, 2.75) is 6.54 Å². The summed E-state index contributed by atoms with van der Waals surface area (Å²) in [6.07, 6.45) is 5.35. The van der Waals surface area contributed by atoms with Crippen LogP contribution in [0.15, 0.2) is 35.9 Å². The first-order valence-electron chi connectivity index (χ1n) is 5.73. The number of hydrogen-bond acceptors (Lipinski definition) is 5. The fraction of sp³-hybridized carbons (Fsp3) is 0.250. The SMILES string of the molecule is CN(Cc1nccn1C)c1ccc(/C(N)=N/O)nc1. The third kappa shape index (κ3) is 2.82. The molecular weight excluding hydrogens is 244 g/mol. The largest absolute Gasteiger partial charge is 0.409 e. The molecule has 2 rings (SSSR count). The molecular formula is C12H16N6O. The van der Waals surface area contributed by atoms with Gasteiger partial charge in [0.15, 0.2) is 5.84 Å². The van der Waals surface area contributed by atoms with Crippen LogP contribution in [-0.2, 0) is 13.6 Å². The maximum Gasteiger partial charge on any atom is 0.188 e. The minimum atomic E-state index is -0.00157. The van der Waals surface area contributed by atoms with E-state index < -0.39 is 0 Å². The van der Waals surface area contributed by atoms with Gasteiger partial charge in [-0.15, -0.1) is 0 Å². The van der Waals surface area contributed by atoms with E-state index in [0.717, 1.165) is 11.5 Å². The van der Waals surface area contributed by atoms with Crippen LogP contribution in [0.25, 0.3) is 0 Å². The summed E-state index contributed by atoms with van der Waals surface area (Å²) in [6.45, 7) is 0.675. The number of nitrogens with zero attached hydrogens (tertiary/aromatic N) is 5. The predicted molar refractivity (Wildman–Crippen MR) is 72.1 cm³/mol. The first-order chi connectivity index (χ1) is 9.11. The van der Waals surface area contributed by atoms with Crippen molar-refractivity contribution in [3.05, 3.63) is 42.2 Å². The molecule has 0 radical (unpaired) electrons. The number of nitrogens with two attached hydrogens (primary N) is 1. The van der Waals surface area contributed by atoms with E-state index in [1.54, 1.807) is 18.5 Å². The number of anilines is 1. The molecule has 0 saturated heterocycles. The van der Waals surface area contributed by atoms with Crippen LogP contribution in [0.2, 0.25) is 0 Å². The minimum Gasteiger partial charge on any atom is -0.409 e. The van der Waals surface area contributed by atoms with Crippen molar-refractivity contribution >= 4 is 11.5 Å². The molecule has 0 aromatic carbocycles. The highest BCUT2D eigenvalue weighted by atomic mass is 16.4. The fourth-order valence-electron chi connectivity index (χ4n) is 1.67. The predicted octanol–water partition coefficient (Wildman–Crippen LogP) is 0.546. The first kappa shape index (κ1) is 12.9.